The van der Waals surface area contributed by atoms with E-state index in [4.69, 9.17) is 32.7 Å². The van der Waals surface area contributed by atoms with E-state index in [0.717, 1.165) is 11.4 Å². The maximum Gasteiger partial charge on any atom is 0.355 e. The van der Waals surface area contributed by atoms with Gasteiger partial charge in [-0.25, -0.2) is 9.78 Å². The lowest BCUT2D eigenvalue weighted by atomic mass is 10.2. The molecule has 0 amide bonds. The second kappa shape index (κ2) is 7.56. The maximum atomic E-state index is 12.5. The van der Waals surface area contributed by atoms with Crippen molar-refractivity contribution in [2.75, 3.05) is 6.61 Å². The Hall–Kier alpha value is -2.24. The fourth-order valence-corrected chi connectivity index (χ4v) is 3.18. The molecule has 136 valence electrons. The lowest BCUT2D eigenvalue weighted by Gasteiger charge is -2.13. The van der Waals surface area contributed by atoms with Gasteiger partial charge in [0.15, 0.2) is 0 Å². The molecule has 0 unspecified atom stereocenters. The summed E-state index contributed by atoms with van der Waals surface area (Å²) in [5.74, 6) is 0.300. The predicted octanol–water partition coefficient (Wildman–Crippen LogP) is 5.30. The van der Waals surface area contributed by atoms with Crippen molar-refractivity contribution < 1.29 is 14.3 Å². The normalized spacial score (nSPS) is 11.2. The van der Waals surface area contributed by atoms with Gasteiger partial charge < -0.3 is 14.0 Å². The van der Waals surface area contributed by atoms with Crippen LogP contribution in [0.5, 0.6) is 5.75 Å². The van der Waals surface area contributed by atoms with Crippen LogP contribution in [-0.4, -0.2) is 28.2 Å². The SMILES string of the molecule is CCOC(=O)c1cc2c(Cl)nc(Cl)cc2n1-c1ccc(OC(C)C)cc1. The van der Waals surface area contributed by atoms with E-state index < -0.39 is 5.97 Å². The molecule has 0 spiro atoms. The minimum Gasteiger partial charge on any atom is -0.491 e. The van der Waals surface area contributed by atoms with E-state index >= 15 is 0 Å². The molecule has 7 heteroatoms. The van der Waals surface area contributed by atoms with Crippen LogP contribution in [0.2, 0.25) is 10.3 Å². The van der Waals surface area contributed by atoms with Crippen LogP contribution in [0.3, 0.4) is 0 Å². The minimum atomic E-state index is -0.446. The maximum absolute atomic E-state index is 12.5. The van der Waals surface area contributed by atoms with Gasteiger partial charge >= 0.3 is 5.97 Å². The lowest BCUT2D eigenvalue weighted by Crippen LogP contribution is -2.11. The van der Waals surface area contributed by atoms with Gasteiger partial charge in [0.05, 0.1) is 18.2 Å². The predicted molar refractivity (Wildman–Crippen MR) is 103 cm³/mol. The number of carbonyl (C=O) groups is 1. The Morgan fingerprint density at radius 1 is 1.19 bits per heavy atom. The Balaban J connectivity index is 2.19. The van der Waals surface area contributed by atoms with Crippen LogP contribution in [0.1, 0.15) is 31.3 Å². The first-order chi connectivity index (χ1) is 12.4. The molecule has 0 saturated heterocycles. The minimum absolute atomic E-state index is 0.0760. The average Bonchev–Trinajstić information content (AvgIpc) is 2.95. The van der Waals surface area contributed by atoms with Crippen LogP contribution >= 0.6 is 23.2 Å². The fourth-order valence-electron chi connectivity index (χ4n) is 2.71. The Labute approximate surface area is 161 Å². The van der Waals surface area contributed by atoms with Gasteiger partial charge in [-0.3, -0.25) is 0 Å². The number of benzene rings is 1. The van der Waals surface area contributed by atoms with Crippen LogP contribution < -0.4 is 4.74 Å². The van der Waals surface area contributed by atoms with E-state index in [0.29, 0.717) is 16.6 Å². The summed E-state index contributed by atoms with van der Waals surface area (Å²) >= 11 is 12.3. The molecule has 0 fully saturated rings. The molecule has 0 aliphatic heterocycles. The van der Waals surface area contributed by atoms with Gasteiger partial charge in [-0.2, -0.15) is 0 Å². The number of aromatic nitrogens is 2. The second-order valence-corrected chi connectivity index (χ2v) is 6.66. The first kappa shape index (κ1) is 18.5. The highest BCUT2D eigenvalue weighted by molar-refractivity contribution is 6.36. The number of hydrogen-bond acceptors (Lipinski definition) is 4. The zero-order chi connectivity index (χ0) is 18.8. The molecule has 3 aromatic rings. The lowest BCUT2D eigenvalue weighted by molar-refractivity contribution is 0.0517. The first-order valence-corrected chi connectivity index (χ1v) is 8.98. The third-order valence-electron chi connectivity index (χ3n) is 3.67. The van der Waals surface area contributed by atoms with Crippen molar-refractivity contribution in [1.29, 1.82) is 0 Å². The summed E-state index contributed by atoms with van der Waals surface area (Å²) in [7, 11) is 0. The molecule has 2 aromatic heterocycles. The summed E-state index contributed by atoms with van der Waals surface area (Å²) in [6.45, 7) is 5.95. The molecule has 0 bridgehead atoms. The molecule has 0 N–H and O–H groups in total. The highest BCUT2D eigenvalue weighted by Gasteiger charge is 2.20. The Morgan fingerprint density at radius 2 is 1.88 bits per heavy atom. The van der Waals surface area contributed by atoms with Crippen molar-refractivity contribution >= 4 is 40.1 Å². The summed E-state index contributed by atoms with van der Waals surface area (Å²) in [5.41, 5.74) is 1.79. The van der Waals surface area contributed by atoms with Crippen LogP contribution in [0.25, 0.3) is 16.6 Å². The number of fused-ring (bicyclic) bond motifs is 1. The van der Waals surface area contributed by atoms with Crippen LogP contribution in [-0.2, 0) is 4.74 Å². The van der Waals surface area contributed by atoms with Crippen molar-refractivity contribution in [3.8, 4) is 11.4 Å². The van der Waals surface area contributed by atoms with Gasteiger partial charge in [-0.15, -0.1) is 0 Å². The van der Waals surface area contributed by atoms with E-state index in [-0.39, 0.29) is 23.0 Å². The number of pyridine rings is 1. The fraction of sp³-hybridized carbons (Fsp3) is 0.263. The summed E-state index contributed by atoms with van der Waals surface area (Å²) in [4.78, 5) is 16.5. The Bertz CT molecular complexity index is 950. The van der Waals surface area contributed by atoms with Gasteiger partial charge in [0.2, 0.25) is 0 Å². The number of ether oxygens (including phenoxy) is 2. The number of esters is 1. The van der Waals surface area contributed by atoms with Gasteiger partial charge in [0, 0.05) is 17.1 Å². The number of halogens is 2. The van der Waals surface area contributed by atoms with Crippen molar-refractivity contribution in [3.05, 3.63) is 52.4 Å². The van der Waals surface area contributed by atoms with E-state index in [9.17, 15) is 4.79 Å². The number of carbonyl (C=O) groups excluding carboxylic acids is 1. The molecule has 5 nitrogen and oxygen atoms in total. The molecular weight excluding hydrogens is 375 g/mol. The third kappa shape index (κ3) is 3.64. The summed E-state index contributed by atoms with van der Waals surface area (Å²) in [6.07, 6.45) is 0.0760. The smallest absolute Gasteiger partial charge is 0.355 e. The summed E-state index contributed by atoms with van der Waals surface area (Å²) < 4.78 is 12.6. The number of rotatable bonds is 5. The molecule has 2 heterocycles. The Kier molecular flexibility index (Phi) is 5.39. The molecule has 0 aliphatic carbocycles. The zero-order valence-corrected chi connectivity index (χ0v) is 16.1. The van der Waals surface area contributed by atoms with Gasteiger partial charge in [-0.05, 0) is 51.1 Å². The van der Waals surface area contributed by atoms with Crippen molar-refractivity contribution in [2.24, 2.45) is 0 Å². The molecular formula is C19H18Cl2N2O3. The molecule has 0 radical (unpaired) electrons. The number of hydrogen-bond donors (Lipinski definition) is 0. The first-order valence-electron chi connectivity index (χ1n) is 8.22. The van der Waals surface area contributed by atoms with Crippen molar-refractivity contribution in [3.63, 3.8) is 0 Å². The van der Waals surface area contributed by atoms with Gasteiger partial charge in [-0.1, -0.05) is 23.2 Å². The van der Waals surface area contributed by atoms with Crippen molar-refractivity contribution in [2.45, 2.75) is 26.9 Å². The topological polar surface area (TPSA) is 53.3 Å². The highest BCUT2D eigenvalue weighted by Crippen LogP contribution is 2.31. The monoisotopic (exact) mass is 392 g/mol. The molecule has 1 aromatic carbocycles. The standard InChI is InChI=1S/C19H18Cl2N2O3/c1-4-25-19(24)16-9-14-15(10-17(20)22-18(14)21)23(16)12-5-7-13(8-6-12)26-11(2)3/h5-11H,4H2,1-3H3. The largest absolute Gasteiger partial charge is 0.491 e. The van der Waals surface area contributed by atoms with Crippen LogP contribution in [0.15, 0.2) is 36.4 Å². The van der Waals surface area contributed by atoms with Gasteiger partial charge in [0.25, 0.3) is 0 Å². The van der Waals surface area contributed by atoms with E-state index in [1.165, 1.54) is 0 Å². The van der Waals surface area contributed by atoms with E-state index in [1.54, 1.807) is 23.6 Å². The van der Waals surface area contributed by atoms with Crippen molar-refractivity contribution in [1.82, 2.24) is 9.55 Å². The third-order valence-corrected chi connectivity index (χ3v) is 4.15. The molecule has 3 rings (SSSR count). The molecule has 0 atom stereocenters. The summed E-state index contributed by atoms with van der Waals surface area (Å²) in [5, 5.41) is 1.11. The van der Waals surface area contributed by atoms with Crippen LogP contribution in [0, 0.1) is 0 Å². The van der Waals surface area contributed by atoms with E-state index in [2.05, 4.69) is 4.98 Å². The molecule has 0 saturated carbocycles. The Morgan fingerprint density at radius 3 is 2.50 bits per heavy atom. The van der Waals surface area contributed by atoms with E-state index in [1.807, 2.05) is 38.1 Å². The molecule has 0 aliphatic rings. The number of nitrogens with zero attached hydrogens (tertiary/aromatic N) is 2. The van der Waals surface area contributed by atoms with Gasteiger partial charge in [0.1, 0.15) is 21.7 Å². The van der Waals surface area contributed by atoms with Crippen LogP contribution in [0.4, 0.5) is 0 Å². The quantitative estimate of drug-likeness (QED) is 0.436. The summed E-state index contributed by atoms with van der Waals surface area (Å²) in [6, 6.07) is 10.8. The molecule has 26 heavy (non-hydrogen) atoms. The zero-order valence-electron chi connectivity index (χ0n) is 14.6. The average molecular weight is 393 g/mol. The second-order valence-electron chi connectivity index (χ2n) is 5.91. The highest BCUT2D eigenvalue weighted by atomic mass is 35.5.